The summed E-state index contributed by atoms with van der Waals surface area (Å²) in [7, 11) is 0. The third kappa shape index (κ3) is 1.84. The minimum Gasteiger partial charge on any atom is -0.144 e. The van der Waals surface area contributed by atoms with E-state index in [4.69, 9.17) is 0 Å². The zero-order valence-electron chi connectivity index (χ0n) is 9.89. The SMILES string of the molecule is Brc1cccc2c1sc1ccc(-c3cccs3)cc12. The van der Waals surface area contributed by atoms with Gasteiger partial charge in [-0.1, -0.05) is 24.3 Å². The lowest BCUT2D eigenvalue weighted by Crippen LogP contribution is -1.72. The van der Waals surface area contributed by atoms with Gasteiger partial charge in [0.15, 0.2) is 0 Å². The summed E-state index contributed by atoms with van der Waals surface area (Å²) < 4.78 is 3.87. The molecule has 0 radical (unpaired) electrons. The zero-order valence-corrected chi connectivity index (χ0v) is 13.1. The molecule has 0 amide bonds. The molecule has 0 bridgehead atoms. The van der Waals surface area contributed by atoms with Crippen LogP contribution in [0.4, 0.5) is 0 Å². The van der Waals surface area contributed by atoms with Crippen LogP contribution in [0.25, 0.3) is 30.6 Å². The molecule has 0 nitrogen and oxygen atoms in total. The second kappa shape index (κ2) is 4.44. The van der Waals surface area contributed by atoms with Gasteiger partial charge in [0.05, 0.1) is 0 Å². The molecule has 3 heteroatoms. The highest BCUT2D eigenvalue weighted by atomic mass is 79.9. The maximum atomic E-state index is 3.64. The van der Waals surface area contributed by atoms with Crippen LogP contribution in [0, 0.1) is 0 Å². The van der Waals surface area contributed by atoms with Crippen LogP contribution in [0.5, 0.6) is 0 Å². The molecule has 0 unspecified atom stereocenters. The molecule has 2 heterocycles. The van der Waals surface area contributed by atoms with Crippen LogP contribution in [0.2, 0.25) is 0 Å². The van der Waals surface area contributed by atoms with Crippen molar-refractivity contribution in [1.82, 2.24) is 0 Å². The molecule has 4 aromatic rings. The number of fused-ring (bicyclic) bond motifs is 3. The van der Waals surface area contributed by atoms with Crippen molar-refractivity contribution in [1.29, 1.82) is 0 Å². The smallest absolute Gasteiger partial charge is 0.0497 e. The maximum absolute atomic E-state index is 3.64. The topological polar surface area (TPSA) is 0 Å². The molecule has 0 aliphatic rings. The van der Waals surface area contributed by atoms with Gasteiger partial charge < -0.3 is 0 Å². The van der Waals surface area contributed by atoms with Gasteiger partial charge in [0.2, 0.25) is 0 Å². The maximum Gasteiger partial charge on any atom is 0.0497 e. The average molecular weight is 345 g/mol. The fraction of sp³-hybridized carbons (Fsp3) is 0. The molecule has 0 spiro atoms. The fourth-order valence-corrected chi connectivity index (χ4v) is 4.78. The molecule has 0 saturated carbocycles. The van der Waals surface area contributed by atoms with Gasteiger partial charge in [-0.15, -0.1) is 22.7 Å². The summed E-state index contributed by atoms with van der Waals surface area (Å²) in [5.74, 6) is 0. The number of halogens is 1. The van der Waals surface area contributed by atoms with Crippen LogP contribution >= 0.6 is 38.6 Å². The molecule has 92 valence electrons. The molecular weight excluding hydrogens is 336 g/mol. The lowest BCUT2D eigenvalue weighted by Gasteiger charge is -1.98. The number of benzene rings is 2. The molecule has 2 aromatic carbocycles. The molecule has 0 aliphatic carbocycles. The Morgan fingerprint density at radius 3 is 2.68 bits per heavy atom. The van der Waals surface area contributed by atoms with Crippen LogP contribution in [-0.4, -0.2) is 0 Å². The average Bonchev–Trinajstić information content (AvgIpc) is 3.05. The summed E-state index contributed by atoms with van der Waals surface area (Å²) in [6.45, 7) is 0. The summed E-state index contributed by atoms with van der Waals surface area (Å²) in [5.41, 5.74) is 1.31. The Morgan fingerprint density at radius 2 is 1.84 bits per heavy atom. The van der Waals surface area contributed by atoms with Gasteiger partial charge in [-0.25, -0.2) is 0 Å². The van der Waals surface area contributed by atoms with Gasteiger partial charge in [0, 0.05) is 29.5 Å². The lowest BCUT2D eigenvalue weighted by molar-refractivity contribution is 1.79. The molecule has 0 fully saturated rings. The third-order valence-corrected chi connectivity index (χ3v) is 6.32. The van der Waals surface area contributed by atoms with Crippen molar-refractivity contribution in [2.75, 3.05) is 0 Å². The number of thiophene rings is 2. The molecule has 0 atom stereocenters. The van der Waals surface area contributed by atoms with Crippen molar-refractivity contribution in [3.8, 4) is 10.4 Å². The fourth-order valence-electron chi connectivity index (χ4n) is 2.36. The highest BCUT2D eigenvalue weighted by Crippen LogP contribution is 2.40. The summed E-state index contributed by atoms with van der Waals surface area (Å²) in [4.78, 5) is 1.33. The van der Waals surface area contributed by atoms with E-state index in [1.165, 1.54) is 35.1 Å². The first-order valence-corrected chi connectivity index (χ1v) is 8.46. The number of rotatable bonds is 1. The minimum absolute atomic E-state index is 1.18. The summed E-state index contributed by atoms with van der Waals surface area (Å²) in [6, 6.07) is 17.5. The van der Waals surface area contributed by atoms with E-state index in [0.717, 1.165) is 0 Å². The van der Waals surface area contributed by atoms with Gasteiger partial charge in [0.25, 0.3) is 0 Å². The zero-order chi connectivity index (χ0) is 12.8. The number of hydrogen-bond donors (Lipinski definition) is 0. The molecular formula is C16H9BrS2. The Hall–Kier alpha value is -1.16. The van der Waals surface area contributed by atoms with Gasteiger partial charge in [-0.3, -0.25) is 0 Å². The van der Waals surface area contributed by atoms with E-state index in [9.17, 15) is 0 Å². The summed E-state index contributed by atoms with van der Waals surface area (Å²) >= 11 is 7.29. The summed E-state index contributed by atoms with van der Waals surface area (Å²) in [5, 5.41) is 4.82. The van der Waals surface area contributed by atoms with E-state index >= 15 is 0 Å². The molecule has 2 aromatic heterocycles. The van der Waals surface area contributed by atoms with Gasteiger partial charge in [0.1, 0.15) is 0 Å². The first kappa shape index (κ1) is 11.6. The minimum atomic E-state index is 1.18. The highest BCUT2D eigenvalue weighted by Gasteiger charge is 2.08. The molecule has 0 aliphatic heterocycles. The van der Waals surface area contributed by atoms with Crippen LogP contribution in [0.1, 0.15) is 0 Å². The Balaban J connectivity index is 2.08. The predicted molar refractivity (Wildman–Crippen MR) is 90.3 cm³/mol. The highest BCUT2D eigenvalue weighted by molar-refractivity contribution is 9.10. The van der Waals surface area contributed by atoms with Crippen molar-refractivity contribution in [2.45, 2.75) is 0 Å². The van der Waals surface area contributed by atoms with Crippen LogP contribution < -0.4 is 0 Å². The van der Waals surface area contributed by atoms with Crippen molar-refractivity contribution >= 4 is 58.8 Å². The van der Waals surface area contributed by atoms with Crippen LogP contribution in [-0.2, 0) is 0 Å². The van der Waals surface area contributed by atoms with E-state index in [0.29, 0.717) is 0 Å². The Bertz CT molecular complexity index is 872. The van der Waals surface area contributed by atoms with Crippen LogP contribution in [0.3, 0.4) is 0 Å². The predicted octanol–water partition coefficient (Wildman–Crippen LogP) is 6.55. The second-order valence-corrected chi connectivity index (χ2v) is 7.26. The van der Waals surface area contributed by atoms with Gasteiger partial charge >= 0.3 is 0 Å². The first-order chi connectivity index (χ1) is 9.33. The Kier molecular flexibility index (Phi) is 2.72. The summed E-state index contributed by atoms with van der Waals surface area (Å²) in [6.07, 6.45) is 0. The standard InChI is InChI=1S/C16H9BrS2/c17-13-4-1-3-11-12-9-10(14-5-2-8-18-14)6-7-15(12)19-16(11)13/h1-9H. The normalized spacial score (nSPS) is 11.4. The third-order valence-electron chi connectivity index (χ3n) is 3.25. The number of hydrogen-bond acceptors (Lipinski definition) is 2. The van der Waals surface area contributed by atoms with Crippen LogP contribution in [0.15, 0.2) is 58.4 Å². The van der Waals surface area contributed by atoms with Crippen molar-refractivity contribution in [2.24, 2.45) is 0 Å². The van der Waals surface area contributed by atoms with E-state index in [1.807, 2.05) is 11.3 Å². The van der Waals surface area contributed by atoms with Crippen molar-refractivity contribution in [3.05, 3.63) is 58.4 Å². The molecule has 19 heavy (non-hydrogen) atoms. The Morgan fingerprint density at radius 1 is 0.895 bits per heavy atom. The largest absolute Gasteiger partial charge is 0.144 e. The molecule has 0 N–H and O–H groups in total. The van der Waals surface area contributed by atoms with E-state index in [1.54, 1.807) is 11.3 Å². The quantitative estimate of drug-likeness (QED) is 0.367. The molecule has 4 rings (SSSR count). The van der Waals surface area contributed by atoms with Gasteiger partial charge in [-0.2, -0.15) is 0 Å². The Labute approximate surface area is 127 Å². The first-order valence-electron chi connectivity index (χ1n) is 5.97. The molecule has 0 saturated heterocycles. The second-order valence-electron chi connectivity index (χ2n) is 4.41. The van der Waals surface area contributed by atoms with E-state index in [2.05, 4.69) is 69.8 Å². The monoisotopic (exact) mass is 344 g/mol. The van der Waals surface area contributed by atoms with Gasteiger partial charge in [-0.05, 0) is 51.1 Å². The van der Waals surface area contributed by atoms with Crippen molar-refractivity contribution < 1.29 is 0 Å². The van der Waals surface area contributed by atoms with Crippen molar-refractivity contribution in [3.63, 3.8) is 0 Å². The lowest BCUT2D eigenvalue weighted by atomic mass is 10.1. The van der Waals surface area contributed by atoms with E-state index in [-0.39, 0.29) is 0 Å². The van der Waals surface area contributed by atoms with E-state index < -0.39 is 0 Å².